The second kappa shape index (κ2) is 7.22. The van der Waals surface area contributed by atoms with Gasteiger partial charge >= 0.3 is 0 Å². The van der Waals surface area contributed by atoms with Gasteiger partial charge in [0.25, 0.3) is 5.69 Å². The predicted molar refractivity (Wildman–Crippen MR) is 89.1 cm³/mol. The van der Waals surface area contributed by atoms with E-state index in [1.54, 1.807) is 13.0 Å². The maximum absolute atomic E-state index is 11.0. The van der Waals surface area contributed by atoms with Crippen LogP contribution in [0.3, 0.4) is 0 Å². The molecule has 1 aliphatic heterocycles. The molecule has 1 aromatic carbocycles. The smallest absolute Gasteiger partial charge is 0.273 e. The van der Waals surface area contributed by atoms with E-state index in [4.69, 9.17) is 0 Å². The van der Waals surface area contributed by atoms with E-state index in [1.165, 1.54) is 19.3 Å². The molecule has 0 bridgehead atoms. The van der Waals surface area contributed by atoms with Crippen LogP contribution in [0.1, 0.15) is 31.2 Å². The van der Waals surface area contributed by atoms with Crippen LogP contribution in [0.2, 0.25) is 0 Å². The van der Waals surface area contributed by atoms with Crippen molar-refractivity contribution in [3.8, 4) is 0 Å². The number of nitrogens with zero attached hydrogens (tertiary/aromatic N) is 2. The van der Waals surface area contributed by atoms with Crippen LogP contribution in [0.25, 0.3) is 0 Å². The number of hydrogen-bond acceptors (Lipinski definition) is 4. The Morgan fingerprint density at radius 3 is 2.90 bits per heavy atom. The Bertz CT molecular complexity index is 522. The van der Waals surface area contributed by atoms with Gasteiger partial charge in [-0.05, 0) is 68.2 Å². The molecule has 1 N–H and O–H groups in total. The lowest BCUT2D eigenvalue weighted by atomic mass is 9.98. The molecule has 0 saturated carbocycles. The van der Waals surface area contributed by atoms with Gasteiger partial charge < -0.3 is 10.2 Å². The van der Waals surface area contributed by atoms with Gasteiger partial charge in [0.05, 0.1) is 10.6 Å². The number of anilines is 1. The summed E-state index contributed by atoms with van der Waals surface area (Å²) in [7, 11) is 1.97. The largest absolute Gasteiger partial charge is 0.368 e. The molecular formula is C15H22BrN3O2. The molecule has 0 aromatic heterocycles. The number of nitrogens with one attached hydrogen (secondary N) is 1. The summed E-state index contributed by atoms with van der Waals surface area (Å²) in [6.07, 6.45) is 4.72. The van der Waals surface area contributed by atoms with Crippen molar-refractivity contribution in [1.29, 1.82) is 0 Å². The van der Waals surface area contributed by atoms with Gasteiger partial charge in [-0.3, -0.25) is 10.1 Å². The van der Waals surface area contributed by atoms with Crippen molar-refractivity contribution in [1.82, 2.24) is 5.32 Å². The molecule has 1 fully saturated rings. The van der Waals surface area contributed by atoms with Crippen LogP contribution < -0.4 is 10.2 Å². The normalized spacial score (nSPS) is 18.8. The SMILES string of the molecule is CNCCC1CCCCN1c1cc(C)c([N+](=O)[O-])cc1Br. The minimum Gasteiger partial charge on any atom is -0.368 e. The molecule has 0 aliphatic carbocycles. The van der Waals surface area contributed by atoms with Gasteiger partial charge in [0, 0.05) is 28.7 Å². The average Bonchev–Trinajstić information content (AvgIpc) is 2.47. The maximum Gasteiger partial charge on any atom is 0.273 e. The number of halogens is 1. The topological polar surface area (TPSA) is 58.4 Å². The minimum atomic E-state index is -0.321. The number of nitro groups is 1. The maximum atomic E-state index is 11.0. The summed E-state index contributed by atoms with van der Waals surface area (Å²) in [4.78, 5) is 13.1. The highest BCUT2D eigenvalue weighted by Gasteiger charge is 2.25. The number of aryl methyl sites for hydroxylation is 1. The summed E-state index contributed by atoms with van der Waals surface area (Å²) in [6.45, 7) is 3.82. The van der Waals surface area contributed by atoms with Crippen LogP contribution in [-0.4, -0.2) is 31.1 Å². The molecule has 1 aromatic rings. The third-order valence-corrected chi connectivity index (χ3v) is 4.76. The molecular weight excluding hydrogens is 334 g/mol. The van der Waals surface area contributed by atoms with E-state index in [2.05, 4.69) is 26.1 Å². The third kappa shape index (κ3) is 3.74. The van der Waals surface area contributed by atoms with Crippen molar-refractivity contribution >= 4 is 27.3 Å². The first-order valence-electron chi connectivity index (χ1n) is 7.40. The fourth-order valence-corrected chi connectivity index (χ4v) is 3.56. The standard InChI is InChI=1S/C15H22BrN3O2/c1-11-9-15(13(16)10-14(11)19(20)21)18-8-4-3-5-12(18)6-7-17-2/h9-10,12,17H,3-8H2,1-2H3. The molecule has 1 saturated heterocycles. The number of benzene rings is 1. The summed E-state index contributed by atoms with van der Waals surface area (Å²) in [5, 5.41) is 14.2. The van der Waals surface area contributed by atoms with Crippen LogP contribution in [0.15, 0.2) is 16.6 Å². The number of nitro benzene ring substituents is 1. The molecule has 2 rings (SSSR count). The molecule has 21 heavy (non-hydrogen) atoms. The zero-order valence-electron chi connectivity index (χ0n) is 12.6. The first-order valence-corrected chi connectivity index (χ1v) is 8.19. The molecule has 1 aliphatic rings. The Balaban J connectivity index is 2.30. The molecule has 1 heterocycles. The first kappa shape index (κ1) is 16.2. The summed E-state index contributed by atoms with van der Waals surface area (Å²) < 4.78 is 0.816. The fourth-order valence-electron chi connectivity index (χ4n) is 3.00. The predicted octanol–water partition coefficient (Wildman–Crippen LogP) is 3.63. The molecule has 5 nitrogen and oxygen atoms in total. The third-order valence-electron chi connectivity index (χ3n) is 4.13. The lowest BCUT2D eigenvalue weighted by molar-refractivity contribution is -0.385. The Labute approximate surface area is 134 Å². The second-order valence-electron chi connectivity index (χ2n) is 5.58. The van der Waals surface area contributed by atoms with Crippen molar-refractivity contribution in [3.63, 3.8) is 0 Å². The van der Waals surface area contributed by atoms with Crippen LogP contribution in [0.5, 0.6) is 0 Å². The van der Waals surface area contributed by atoms with E-state index < -0.39 is 0 Å². The van der Waals surface area contributed by atoms with Gasteiger partial charge in [0.1, 0.15) is 0 Å². The van der Waals surface area contributed by atoms with E-state index in [0.717, 1.165) is 35.2 Å². The number of piperidine rings is 1. The van der Waals surface area contributed by atoms with Gasteiger partial charge in [-0.25, -0.2) is 0 Å². The lowest BCUT2D eigenvalue weighted by Gasteiger charge is -2.38. The first-order chi connectivity index (χ1) is 10.0. The monoisotopic (exact) mass is 355 g/mol. The lowest BCUT2D eigenvalue weighted by Crippen LogP contribution is -2.41. The summed E-state index contributed by atoms with van der Waals surface area (Å²) in [5.74, 6) is 0. The zero-order valence-corrected chi connectivity index (χ0v) is 14.1. The van der Waals surface area contributed by atoms with E-state index >= 15 is 0 Å². The van der Waals surface area contributed by atoms with Crippen molar-refractivity contribution in [2.45, 2.75) is 38.6 Å². The van der Waals surface area contributed by atoms with Gasteiger partial charge in [-0.1, -0.05) is 0 Å². The van der Waals surface area contributed by atoms with Crippen molar-refractivity contribution < 1.29 is 4.92 Å². The molecule has 0 amide bonds. The van der Waals surface area contributed by atoms with E-state index in [1.807, 2.05) is 13.1 Å². The highest BCUT2D eigenvalue weighted by Crippen LogP contribution is 2.36. The van der Waals surface area contributed by atoms with Crippen LogP contribution in [0, 0.1) is 17.0 Å². The van der Waals surface area contributed by atoms with Gasteiger partial charge in [0.2, 0.25) is 0 Å². The minimum absolute atomic E-state index is 0.175. The Morgan fingerprint density at radius 1 is 1.48 bits per heavy atom. The van der Waals surface area contributed by atoms with Gasteiger partial charge in [-0.2, -0.15) is 0 Å². The highest BCUT2D eigenvalue weighted by atomic mass is 79.9. The van der Waals surface area contributed by atoms with Gasteiger partial charge in [-0.15, -0.1) is 0 Å². The summed E-state index contributed by atoms with van der Waals surface area (Å²) in [6, 6.07) is 4.08. The molecule has 1 atom stereocenters. The second-order valence-corrected chi connectivity index (χ2v) is 6.44. The summed E-state index contributed by atoms with van der Waals surface area (Å²) >= 11 is 3.52. The van der Waals surface area contributed by atoms with Gasteiger partial charge in [0.15, 0.2) is 0 Å². The molecule has 6 heteroatoms. The number of rotatable bonds is 5. The zero-order chi connectivity index (χ0) is 15.4. The average molecular weight is 356 g/mol. The Morgan fingerprint density at radius 2 is 2.24 bits per heavy atom. The van der Waals surface area contributed by atoms with E-state index in [0.29, 0.717) is 6.04 Å². The Hall–Kier alpha value is -1.14. The van der Waals surface area contributed by atoms with E-state index in [-0.39, 0.29) is 10.6 Å². The molecule has 116 valence electrons. The van der Waals surface area contributed by atoms with Crippen LogP contribution in [-0.2, 0) is 0 Å². The quantitative estimate of drug-likeness (QED) is 0.647. The molecule has 0 spiro atoms. The number of hydrogen-bond donors (Lipinski definition) is 1. The van der Waals surface area contributed by atoms with Crippen LogP contribution in [0.4, 0.5) is 11.4 Å². The van der Waals surface area contributed by atoms with E-state index in [9.17, 15) is 10.1 Å². The van der Waals surface area contributed by atoms with Crippen LogP contribution >= 0.6 is 15.9 Å². The Kier molecular flexibility index (Phi) is 5.58. The van der Waals surface area contributed by atoms with Crippen molar-refractivity contribution in [2.75, 3.05) is 25.0 Å². The van der Waals surface area contributed by atoms with Crippen molar-refractivity contribution in [3.05, 3.63) is 32.3 Å². The fraction of sp³-hybridized carbons (Fsp3) is 0.600. The van der Waals surface area contributed by atoms with Crippen molar-refractivity contribution in [2.24, 2.45) is 0 Å². The highest BCUT2D eigenvalue weighted by molar-refractivity contribution is 9.10. The summed E-state index contributed by atoms with van der Waals surface area (Å²) in [5.41, 5.74) is 1.98. The molecule has 1 unspecified atom stereocenters. The molecule has 0 radical (unpaired) electrons.